The summed E-state index contributed by atoms with van der Waals surface area (Å²) >= 11 is 0. The Morgan fingerprint density at radius 2 is 1.75 bits per heavy atom. The zero-order valence-corrected chi connectivity index (χ0v) is 14.5. The number of carbonyl (C=O) groups excluding carboxylic acids is 1. The number of nitrogens with two attached hydrogens (primary N) is 1. The van der Waals surface area contributed by atoms with Gasteiger partial charge in [0.05, 0.1) is 5.54 Å². The summed E-state index contributed by atoms with van der Waals surface area (Å²) in [5.41, 5.74) is 4.91. The van der Waals surface area contributed by atoms with Gasteiger partial charge in [0.15, 0.2) is 0 Å². The number of nitrogens with zero attached hydrogens (tertiary/aromatic N) is 1. The number of rotatable bonds is 10. The second-order valence-corrected chi connectivity index (χ2v) is 6.56. The van der Waals surface area contributed by atoms with Crippen LogP contribution in [0.15, 0.2) is 0 Å². The molecule has 0 aliphatic rings. The molecule has 0 aromatic heterocycles. The number of amides is 1. The van der Waals surface area contributed by atoms with E-state index in [-0.39, 0.29) is 5.91 Å². The Kier molecular flexibility index (Phi) is 8.36. The fraction of sp³-hybridized carbons (Fsp3) is 0.938. The summed E-state index contributed by atoms with van der Waals surface area (Å²) in [7, 11) is 1.81. The number of carbonyl (C=O) groups is 1. The lowest BCUT2D eigenvalue weighted by atomic mass is 9.90. The molecule has 0 saturated carbocycles. The molecule has 120 valence electrons. The number of hydrogen-bond donors (Lipinski definition) is 2. The van der Waals surface area contributed by atoms with E-state index in [2.05, 4.69) is 44.8 Å². The molecule has 2 atom stereocenters. The van der Waals surface area contributed by atoms with Crippen molar-refractivity contribution in [3.8, 4) is 0 Å². The normalized spacial score (nSPS) is 16.7. The zero-order chi connectivity index (χ0) is 15.9. The first kappa shape index (κ1) is 19.4. The summed E-state index contributed by atoms with van der Waals surface area (Å²) in [5, 5.41) is 3.09. The maximum Gasteiger partial charge on any atom is 0.237 e. The molecule has 0 aliphatic carbocycles. The Morgan fingerprint density at radius 1 is 1.25 bits per heavy atom. The van der Waals surface area contributed by atoms with Crippen LogP contribution in [-0.2, 0) is 4.79 Å². The van der Waals surface area contributed by atoms with Crippen molar-refractivity contribution in [2.45, 2.75) is 78.4 Å². The van der Waals surface area contributed by atoms with Crippen molar-refractivity contribution in [3.63, 3.8) is 0 Å². The van der Waals surface area contributed by atoms with E-state index in [0.717, 1.165) is 25.8 Å². The minimum atomic E-state index is -0.638. The quantitative estimate of drug-likeness (QED) is 0.648. The molecule has 0 radical (unpaired) electrons. The van der Waals surface area contributed by atoms with E-state index in [9.17, 15) is 4.79 Å². The number of primary amides is 1. The Hall–Kier alpha value is -0.610. The average molecular weight is 285 g/mol. The number of likely N-dealkylation sites (N-methyl/N-ethyl adjacent to an activating group) is 1. The summed E-state index contributed by atoms with van der Waals surface area (Å²) < 4.78 is 0. The molecule has 0 bridgehead atoms. The minimum Gasteiger partial charge on any atom is -0.368 e. The van der Waals surface area contributed by atoms with Gasteiger partial charge in [0.1, 0.15) is 0 Å². The van der Waals surface area contributed by atoms with Crippen molar-refractivity contribution in [1.29, 1.82) is 0 Å². The molecule has 4 heteroatoms. The van der Waals surface area contributed by atoms with Gasteiger partial charge in [-0.15, -0.1) is 0 Å². The fourth-order valence-electron chi connectivity index (χ4n) is 2.90. The van der Waals surface area contributed by atoms with Crippen LogP contribution in [-0.4, -0.2) is 42.0 Å². The highest BCUT2D eigenvalue weighted by Gasteiger charge is 2.34. The molecular formula is C16H35N3O. The van der Waals surface area contributed by atoms with E-state index in [4.69, 9.17) is 5.73 Å². The lowest BCUT2D eigenvalue weighted by Crippen LogP contribution is -2.56. The van der Waals surface area contributed by atoms with E-state index in [0.29, 0.717) is 18.0 Å². The smallest absolute Gasteiger partial charge is 0.237 e. The molecule has 0 aromatic carbocycles. The molecule has 0 heterocycles. The van der Waals surface area contributed by atoms with E-state index >= 15 is 0 Å². The highest BCUT2D eigenvalue weighted by Crippen LogP contribution is 2.21. The molecule has 0 aliphatic heterocycles. The van der Waals surface area contributed by atoms with Gasteiger partial charge in [-0.2, -0.15) is 0 Å². The van der Waals surface area contributed by atoms with E-state index in [1.165, 1.54) is 0 Å². The first-order chi connectivity index (χ1) is 9.21. The van der Waals surface area contributed by atoms with Crippen molar-refractivity contribution in [3.05, 3.63) is 0 Å². The molecular weight excluding hydrogens is 250 g/mol. The molecule has 0 spiro atoms. The van der Waals surface area contributed by atoms with Gasteiger partial charge in [-0.25, -0.2) is 0 Å². The first-order valence-electron chi connectivity index (χ1n) is 7.96. The molecule has 0 fully saturated rings. The molecule has 1 amide bonds. The van der Waals surface area contributed by atoms with Gasteiger partial charge < -0.3 is 11.1 Å². The van der Waals surface area contributed by atoms with Crippen LogP contribution in [0.3, 0.4) is 0 Å². The van der Waals surface area contributed by atoms with Crippen LogP contribution in [0.1, 0.15) is 60.8 Å². The summed E-state index contributed by atoms with van der Waals surface area (Å²) in [5.74, 6) is 0.341. The van der Waals surface area contributed by atoms with Crippen LogP contribution in [0.5, 0.6) is 0 Å². The monoisotopic (exact) mass is 285 g/mol. The van der Waals surface area contributed by atoms with Crippen LogP contribution in [0.2, 0.25) is 0 Å². The molecule has 2 unspecified atom stereocenters. The molecule has 0 rings (SSSR count). The summed E-state index contributed by atoms with van der Waals surface area (Å²) in [6, 6.07) is 0.897. The van der Waals surface area contributed by atoms with E-state index in [1.807, 2.05) is 6.92 Å². The summed E-state index contributed by atoms with van der Waals surface area (Å²) in [6.45, 7) is 14.1. The van der Waals surface area contributed by atoms with Crippen molar-refractivity contribution < 1.29 is 4.79 Å². The lowest BCUT2D eigenvalue weighted by Gasteiger charge is -2.40. The average Bonchev–Trinajstić information content (AvgIpc) is 2.37. The second kappa shape index (κ2) is 8.63. The van der Waals surface area contributed by atoms with Crippen LogP contribution in [0, 0.1) is 5.92 Å². The zero-order valence-electron chi connectivity index (χ0n) is 14.5. The fourth-order valence-corrected chi connectivity index (χ4v) is 2.90. The maximum atomic E-state index is 11.7. The highest BCUT2D eigenvalue weighted by molar-refractivity contribution is 5.84. The van der Waals surface area contributed by atoms with E-state index < -0.39 is 5.54 Å². The Balaban J connectivity index is 5.03. The largest absolute Gasteiger partial charge is 0.368 e. The van der Waals surface area contributed by atoms with Gasteiger partial charge >= 0.3 is 0 Å². The van der Waals surface area contributed by atoms with Crippen LogP contribution in [0.4, 0.5) is 0 Å². The van der Waals surface area contributed by atoms with Gasteiger partial charge in [-0.3, -0.25) is 9.69 Å². The molecule has 0 saturated heterocycles. The van der Waals surface area contributed by atoms with Crippen LogP contribution < -0.4 is 11.1 Å². The Morgan fingerprint density at radius 3 is 2.05 bits per heavy atom. The first-order valence-corrected chi connectivity index (χ1v) is 7.96. The Bertz CT molecular complexity index is 289. The predicted octanol–water partition coefficient (Wildman–Crippen LogP) is 2.37. The van der Waals surface area contributed by atoms with Gasteiger partial charge in [0.2, 0.25) is 5.91 Å². The van der Waals surface area contributed by atoms with Crippen molar-refractivity contribution in [1.82, 2.24) is 10.2 Å². The summed E-state index contributed by atoms with van der Waals surface area (Å²) in [6.07, 6.45) is 3.02. The number of hydrogen-bond acceptors (Lipinski definition) is 3. The van der Waals surface area contributed by atoms with Crippen molar-refractivity contribution in [2.75, 3.05) is 13.6 Å². The minimum absolute atomic E-state index is 0.277. The Labute approximate surface area is 125 Å². The SMILES string of the molecule is CCC(CC)N(CC(C)C)C(C)CC(C)(NC)C(N)=O. The van der Waals surface area contributed by atoms with Crippen LogP contribution in [0.25, 0.3) is 0 Å². The van der Waals surface area contributed by atoms with Gasteiger partial charge in [-0.05, 0) is 46.1 Å². The van der Waals surface area contributed by atoms with Crippen LogP contribution >= 0.6 is 0 Å². The lowest BCUT2D eigenvalue weighted by molar-refractivity contribution is -0.124. The van der Waals surface area contributed by atoms with Gasteiger partial charge in [-0.1, -0.05) is 27.7 Å². The summed E-state index contributed by atoms with van der Waals surface area (Å²) in [4.78, 5) is 14.2. The maximum absolute atomic E-state index is 11.7. The third kappa shape index (κ3) is 5.41. The topological polar surface area (TPSA) is 58.4 Å². The molecule has 4 nitrogen and oxygen atoms in total. The van der Waals surface area contributed by atoms with E-state index in [1.54, 1.807) is 7.05 Å². The molecule has 0 aromatic rings. The third-order valence-corrected chi connectivity index (χ3v) is 4.35. The molecule has 3 N–H and O–H groups in total. The highest BCUT2D eigenvalue weighted by atomic mass is 16.1. The van der Waals surface area contributed by atoms with Crippen molar-refractivity contribution in [2.24, 2.45) is 11.7 Å². The number of nitrogens with one attached hydrogen (secondary N) is 1. The second-order valence-electron chi connectivity index (χ2n) is 6.56. The third-order valence-electron chi connectivity index (χ3n) is 4.35. The van der Waals surface area contributed by atoms with Crippen molar-refractivity contribution >= 4 is 5.91 Å². The van der Waals surface area contributed by atoms with Gasteiger partial charge in [0.25, 0.3) is 0 Å². The standard InChI is InChI=1S/C16H35N3O/c1-8-14(9-2)19(11-12(3)4)13(5)10-16(6,18-7)15(17)20/h12-14,18H,8-11H2,1-7H3,(H2,17,20). The van der Waals surface area contributed by atoms with Gasteiger partial charge in [0, 0.05) is 18.6 Å². The predicted molar refractivity (Wildman–Crippen MR) is 86.7 cm³/mol. The molecule has 20 heavy (non-hydrogen) atoms.